The molecule has 1 saturated heterocycles. The van der Waals surface area contributed by atoms with Gasteiger partial charge in [0.1, 0.15) is 24.7 Å². The number of aromatic nitrogens is 4. The Kier molecular flexibility index (Phi) is 10.5. The number of carbonyl (C=O) groups is 1. The fraction of sp³-hybridized carbons (Fsp3) is 0.694. The van der Waals surface area contributed by atoms with Crippen LogP contribution < -0.4 is 4.90 Å². The molecule has 1 amide bonds. The molecule has 3 atom stereocenters. The third-order valence-corrected chi connectivity index (χ3v) is 14.3. The Morgan fingerprint density at radius 2 is 1.70 bits per heavy atom. The van der Waals surface area contributed by atoms with E-state index in [9.17, 15) is 4.79 Å². The topological polar surface area (TPSA) is 86.9 Å². The molecule has 2 aromatic heterocycles. The van der Waals surface area contributed by atoms with E-state index in [0.717, 1.165) is 42.6 Å². The van der Waals surface area contributed by atoms with Crippen molar-refractivity contribution in [2.24, 2.45) is 11.3 Å². The van der Waals surface area contributed by atoms with E-state index in [4.69, 9.17) is 24.3 Å². The normalized spacial score (nSPS) is 21.7. The second-order valence-corrected chi connectivity index (χ2v) is 28.6. The summed E-state index contributed by atoms with van der Waals surface area (Å²) in [6.45, 7) is 21.9. The first-order valence-electron chi connectivity index (χ1n) is 18.2. The third kappa shape index (κ3) is 7.80. The Hall–Kier alpha value is -2.50. The Morgan fingerprint density at radius 3 is 2.34 bits per heavy atom. The van der Waals surface area contributed by atoms with E-state index in [2.05, 4.69) is 46.2 Å². The van der Waals surface area contributed by atoms with Crippen molar-refractivity contribution >= 4 is 38.8 Å². The average Bonchev–Trinajstić information content (AvgIpc) is 3.42. The number of benzene rings is 1. The van der Waals surface area contributed by atoms with Gasteiger partial charge >= 0.3 is 0 Å². The number of likely N-dealkylation sites (N-methyl/N-ethyl adjacent to an activating group) is 1. The molecule has 1 aliphatic heterocycles. The Morgan fingerprint density at radius 1 is 1.06 bits per heavy atom. The molecular formula is C36H56F2N6O4Si2. The van der Waals surface area contributed by atoms with E-state index < -0.39 is 33.8 Å². The summed E-state index contributed by atoms with van der Waals surface area (Å²) in [4.78, 5) is 21.6. The molecular weight excluding hydrogens is 675 g/mol. The molecule has 0 spiro atoms. The van der Waals surface area contributed by atoms with Crippen molar-refractivity contribution in [2.75, 3.05) is 51.5 Å². The van der Waals surface area contributed by atoms with Gasteiger partial charge in [0.15, 0.2) is 17.5 Å². The van der Waals surface area contributed by atoms with Gasteiger partial charge < -0.3 is 19.1 Å². The number of amides is 1. The molecule has 3 aromatic rings. The second-order valence-electron chi connectivity index (χ2n) is 17.4. The van der Waals surface area contributed by atoms with Crippen molar-refractivity contribution < 1.29 is 27.8 Å². The molecule has 276 valence electrons. The summed E-state index contributed by atoms with van der Waals surface area (Å²) in [6.07, 6.45) is 2.90. The molecule has 0 radical (unpaired) electrons. The summed E-state index contributed by atoms with van der Waals surface area (Å²) in [5.74, 6) is -1.51. The molecule has 3 heterocycles. The van der Waals surface area contributed by atoms with Gasteiger partial charge in [-0.05, 0) is 55.7 Å². The lowest BCUT2D eigenvalue weighted by molar-refractivity contribution is -0.124. The number of imidazole rings is 1. The number of halogens is 2. The lowest BCUT2D eigenvalue weighted by Gasteiger charge is -2.33. The van der Waals surface area contributed by atoms with Crippen LogP contribution >= 0.6 is 0 Å². The molecule has 1 saturated carbocycles. The van der Waals surface area contributed by atoms with Gasteiger partial charge in [0.2, 0.25) is 5.91 Å². The van der Waals surface area contributed by atoms with Gasteiger partial charge in [-0.1, -0.05) is 46.2 Å². The standard InChI is InChI=1S/C36H56F2N6O4Si2/c1-24(42-10-12-46-13-11-42)35(45)41(3)27-19-28-33(31(38)30(27)37)39-34(43(28)22-47-14-16-49(4,5)6)32-26-18-25-20-36(25,2)21-29(26)44(40-32)23-48-15-17-50(7,8)9/h19,24-25H,10-18,20-23H2,1-9H3/t24?,25-,36-/m1/s1. The van der Waals surface area contributed by atoms with E-state index in [1.807, 2.05) is 14.1 Å². The molecule has 1 aromatic carbocycles. The van der Waals surface area contributed by atoms with Crippen molar-refractivity contribution in [3.8, 4) is 11.5 Å². The van der Waals surface area contributed by atoms with Crippen molar-refractivity contribution in [2.45, 2.75) is 104 Å². The van der Waals surface area contributed by atoms with Crippen LogP contribution in [0.3, 0.4) is 0 Å². The van der Waals surface area contributed by atoms with E-state index in [1.54, 1.807) is 6.92 Å². The molecule has 2 fully saturated rings. The smallest absolute Gasteiger partial charge is 0.243 e. The molecule has 14 heteroatoms. The van der Waals surface area contributed by atoms with E-state index in [0.29, 0.717) is 69.2 Å². The summed E-state index contributed by atoms with van der Waals surface area (Å²) >= 11 is 0. The Bertz CT molecular complexity index is 1730. The van der Waals surface area contributed by atoms with E-state index in [1.165, 1.54) is 18.0 Å². The zero-order chi connectivity index (χ0) is 36.2. The summed E-state index contributed by atoms with van der Waals surface area (Å²) < 4.78 is 53.8. The molecule has 0 N–H and O–H groups in total. The van der Waals surface area contributed by atoms with Crippen LogP contribution in [0.15, 0.2) is 6.07 Å². The monoisotopic (exact) mass is 730 g/mol. The summed E-state index contributed by atoms with van der Waals surface area (Å²) in [5, 5.41) is 5.09. The maximum absolute atomic E-state index is 16.2. The highest BCUT2D eigenvalue weighted by Gasteiger charge is 2.54. The van der Waals surface area contributed by atoms with Crippen LogP contribution in [0.2, 0.25) is 51.4 Å². The zero-order valence-electron chi connectivity index (χ0n) is 31.5. The number of ether oxygens (including phenoxy) is 3. The number of hydrogen-bond acceptors (Lipinski definition) is 7. The molecule has 6 rings (SSSR count). The largest absolute Gasteiger partial charge is 0.379 e. The minimum atomic E-state index is -1.39. The predicted octanol–water partition coefficient (Wildman–Crippen LogP) is 6.61. The number of anilines is 1. The SMILES string of the molecule is CC(C(=O)N(C)c1cc2c(nc(-c3nn(COCC[Si](C)(C)C)c4c3C[C@@H]3C[C@]3(C)C4)n2COCC[Si](C)(C)C)c(F)c1F)N1CCOCC1. The van der Waals surface area contributed by atoms with E-state index >= 15 is 8.78 Å². The fourth-order valence-electron chi connectivity index (χ4n) is 7.22. The maximum atomic E-state index is 16.2. The number of hydrogen-bond donors (Lipinski definition) is 0. The highest BCUT2D eigenvalue weighted by Crippen LogP contribution is 2.60. The summed E-state index contributed by atoms with van der Waals surface area (Å²) in [5.41, 5.74) is 3.29. The first-order chi connectivity index (χ1) is 23.5. The van der Waals surface area contributed by atoms with Crippen molar-refractivity contribution in [3.63, 3.8) is 0 Å². The zero-order valence-corrected chi connectivity index (χ0v) is 33.5. The highest BCUT2D eigenvalue weighted by atomic mass is 28.3. The second kappa shape index (κ2) is 14.1. The van der Waals surface area contributed by atoms with Crippen molar-refractivity contribution in [1.29, 1.82) is 0 Å². The van der Waals surface area contributed by atoms with Crippen LogP contribution in [0, 0.1) is 23.0 Å². The first kappa shape index (κ1) is 37.3. The quantitative estimate of drug-likeness (QED) is 0.136. The minimum absolute atomic E-state index is 0.0954. The molecule has 10 nitrogen and oxygen atoms in total. The lowest BCUT2D eigenvalue weighted by Crippen LogP contribution is -2.50. The minimum Gasteiger partial charge on any atom is -0.379 e. The number of morpholine rings is 1. The van der Waals surface area contributed by atoms with Crippen LogP contribution in [0.5, 0.6) is 0 Å². The third-order valence-electron chi connectivity index (χ3n) is 10.9. The van der Waals surface area contributed by atoms with E-state index in [-0.39, 0.29) is 29.3 Å². The molecule has 2 aliphatic carbocycles. The molecule has 0 bridgehead atoms. The fourth-order valence-corrected chi connectivity index (χ4v) is 8.74. The van der Waals surface area contributed by atoms with Gasteiger partial charge in [-0.15, -0.1) is 0 Å². The number of carbonyl (C=O) groups excluding carboxylic acids is 1. The number of rotatable bonds is 14. The predicted molar refractivity (Wildman–Crippen MR) is 198 cm³/mol. The lowest BCUT2D eigenvalue weighted by atomic mass is 9.87. The average molecular weight is 731 g/mol. The van der Waals surface area contributed by atoms with Crippen molar-refractivity contribution in [1.82, 2.24) is 24.2 Å². The molecule has 1 unspecified atom stereocenters. The molecule has 3 aliphatic rings. The van der Waals surface area contributed by atoms with Gasteiger partial charge in [-0.3, -0.25) is 14.3 Å². The van der Waals surface area contributed by atoms with Crippen LogP contribution in [0.1, 0.15) is 31.5 Å². The maximum Gasteiger partial charge on any atom is 0.243 e. The van der Waals surface area contributed by atoms with Gasteiger partial charge in [-0.25, -0.2) is 18.4 Å². The molecule has 50 heavy (non-hydrogen) atoms. The highest BCUT2D eigenvalue weighted by molar-refractivity contribution is 6.76. The summed E-state index contributed by atoms with van der Waals surface area (Å²) in [6, 6.07) is 3.03. The van der Waals surface area contributed by atoms with Gasteiger partial charge in [0.05, 0.1) is 30.5 Å². The van der Waals surface area contributed by atoms with Crippen molar-refractivity contribution in [3.05, 3.63) is 29.0 Å². The number of nitrogens with zero attached hydrogens (tertiary/aromatic N) is 6. The Labute approximate surface area is 297 Å². The van der Waals surface area contributed by atoms with Crippen LogP contribution in [0.4, 0.5) is 14.5 Å². The van der Waals surface area contributed by atoms with Crippen LogP contribution in [-0.2, 0) is 45.3 Å². The first-order valence-corrected chi connectivity index (χ1v) is 25.6. The summed E-state index contributed by atoms with van der Waals surface area (Å²) in [7, 11) is -1.15. The van der Waals surface area contributed by atoms with Gasteiger partial charge in [0.25, 0.3) is 0 Å². The van der Waals surface area contributed by atoms with Crippen LogP contribution in [0.25, 0.3) is 22.6 Å². The number of fused-ring (bicyclic) bond motifs is 3. The van der Waals surface area contributed by atoms with Gasteiger partial charge in [-0.2, -0.15) is 5.10 Å². The Balaban J connectivity index is 1.40. The van der Waals surface area contributed by atoms with Crippen LogP contribution in [-0.4, -0.2) is 98.9 Å². The van der Waals surface area contributed by atoms with Gasteiger partial charge in [0, 0.05) is 60.8 Å².